The molecule has 6 heteroatoms. The first-order chi connectivity index (χ1) is 15.1. The molecule has 0 atom stereocenters. The second-order valence-corrected chi connectivity index (χ2v) is 8.83. The second kappa shape index (κ2) is 9.45. The van der Waals surface area contributed by atoms with Gasteiger partial charge in [-0.15, -0.1) is 0 Å². The topological polar surface area (TPSA) is 45.7 Å². The van der Waals surface area contributed by atoms with Crippen molar-refractivity contribution in [1.82, 2.24) is 9.88 Å². The number of hydrogen-bond donors (Lipinski definition) is 0. The van der Waals surface area contributed by atoms with E-state index in [0.29, 0.717) is 13.0 Å². The second-order valence-electron chi connectivity index (χ2n) is 7.82. The number of para-hydroxylation sites is 1. The number of rotatable bonds is 8. The highest BCUT2D eigenvalue weighted by Crippen LogP contribution is 2.34. The van der Waals surface area contributed by atoms with Gasteiger partial charge in [-0.25, -0.2) is 4.98 Å². The molecule has 5 nitrogen and oxygen atoms in total. The van der Waals surface area contributed by atoms with E-state index in [2.05, 4.69) is 23.1 Å². The lowest BCUT2D eigenvalue weighted by Crippen LogP contribution is -2.34. The van der Waals surface area contributed by atoms with Crippen molar-refractivity contribution in [1.29, 1.82) is 0 Å². The van der Waals surface area contributed by atoms with E-state index in [1.165, 1.54) is 11.3 Å². The van der Waals surface area contributed by atoms with Crippen LogP contribution in [0.5, 0.6) is 5.75 Å². The Morgan fingerprint density at radius 3 is 2.58 bits per heavy atom. The molecule has 0 aliphatic rings. The Morgan fingerprint density at radius 2 is 1.77 bits per heavy atom. The minimum atomic E-state index is 0.0631. The summed E-state index contributed by atoms with van der Waals surface area (Å²) in [6, 6.07) is 20.2. The van der Waals surface area contributed by atoms with Crippen LogP contribution in [0.1, 0.15) is 12.0 Å². The molecule has 1 heterocycles. The number of fused-ring (bicyclic) bond motifs is 2. The van der Waals surface area contributed by atoms with Crippen molar-refractivity contribution in [3.63, 3.8) is 0 Å². The van der Waals surface area contributed by atoms with Gasteiger partial charge in [0.1, 0.15) is 11.3 Å². The molecular weight excluding hydrogens is 406 g/mol. The molecular formula is C25H27N3O2S. The summed E-state index contributed by atoms with van der Waals surface area (Å²) in [5.74, 6) is 0.794. The molecule has 0 fully saturated rings. The van der Waals surface area contributed by atoms with Gasteiger partial charge in [0, 0.05) is 6.54 Å². The smallest absolute Gasteiger partial charge is 0.233 e. The average Bonchev–Trinajstić information content (AvgIpc) is 3.20. The highest BCUT2D eigenvalue weighted by atomic mass is 32.1. The van der Waals surface area contributed by atoms with Crippen molar-refractivity contribution in [3.8, 4) is 5.75 Å². The monoisotopic (exact) mass is 433 g/mol. The van der Waals surface area contributed by atoms with Crippen LogP contribution in [0.15, 0.2) is 60.7 Å². The lowest BCUT2D eigenvalue weighted by atomic mass is 10.0. The minimum absolute atomic E-state index is 0.0631. The number of anilines is 1. The van der Waals surface area contributed by atoms with Crippen molar-refractivity contribution in [3.05, 3.63) is 66.2 Å². The van der Waals surface area contributed by atoms with Crippen LogP contribution in [0.3, 0.4) is 0 Å². The third-order valence-electron chi connectivity index (χ3n) is 5.33. The Morgan fingerprint density at radius 1 is 1.00 bits per heavy atom. The summed E-state index contributed by atoms with van der Waals surface area (Å²) in [6.45, 7) is 1.54. The van der Waals surface area contributed by atoms with E-state index in [-0.39, 0.29) is 5.91 Å². The Labute approximate surface area is 186 Å². The van der Waals surface area contributed by atoms with Crippen LogP contribution in [-0.4, -0.2) is 50.1 Å². The van der Waals surface area contributed by atoms with Crippen LogP contribution in [0.2, 0.25) is 0 Å². The van der Waals surface area contributed by atoms with Gasteiger partial charge in [0.05, 0.1) is 18.2 Å². The van der Waals surface area contributed by atoms with E-state index in [0.717, 1.165) is 50.4 Å². The number of thiazole rings is 1. The predicted molar refractivity (Wildman–Crippen MR) is 129 cm³/mol. The Hall–Kier alpha value is -2.96. The molecule has 0 unspecified atom stereocenters. The maximum Gasteiger partial charge on any atom is 0.233 e. The summed E-state index contributed by atoms with van der Waals surface area (Å²) < 4.78 is 6.49. The Bertz CT molecular complexity index is 1200. The molecule has 0 saturated heterocycles. The van der Waals surface area contributed by atoms with Gasteiger partial charge in [0.2, 0.25) is 5.91 Å². The van der Waals surface area contributed by atoms with E-state index in [1.54, 1.807) is 7.11 Å². The zero-order valence-corrected chi connectivity index (χ0v) is 19.0. The number of ether oxygens (including phenoxy) is 1. The predicted octanol–water partition coefficient (Wildman–Crippen LogP) is 4.99. The first-order valence-corrected chi connectivity index (χ1v) is 11.2. The third-order valence-corrected chi connectivity index (χ3v) is 6.37. The summed E-state index contributed by atoms with van der Waals surface area (Å²) >= 11 is 1.54. The van der Waals surface area contributed by atoms with Gasteiger partial charge in [-0.05, 0) is 55.5 Å². The van der Waals surface area contributed by atoms with Crippen molar-refractivity contribution < 1.29 is 9.53 Å². The zero-order chi connectivity index (χ0) is 21.8. The van der Waals surface area contributed by atoms with Crippen molar-refractivity contribution in [2.75, 3.05) is 39.2 Å². The van der Waals surface area contributed by atoms with Crippen molar-refractivity contribution >= 4 is 43.4 Å². The van der Waals surface area contributed by atoms with Gasteiger partial charge in [-0.3, -0.25) is 9.69 Å². The summed E-state index contributed by atoms with van der Waals surface area (Å²) in [5.41, 5.74) is 1.85. The summed E-state index contributed by atoms with van der Waals surface area (Å²) in [6.07, 6.45) is 1.22. The molecule has 160 valence electrons. The number of aromatic nitrogens is 1. The largest absolute Gasteiger partial charge is 0.494 e. The number of benzene rings is 3. The van der Waals surface area contributed by atoms with Gasteiger partial charge in [0.15, 0.2) is 5.13 Å². The van der Waals surface area contributed by atoms with Crippen LogP contribution < -0.4 is 9.64 Å². The van der Waals surface area contributed by atoms with Crippen LogP contribution in [0, 0.1) is 0 Å². The summed E-state index contributed by atoms with van der Waals surface area (Å²) in [7, 11) is 5.74. The molecule has 0 spiro atoms. The van der Waals surface area contributed by atoms with Crippen LogP contribution in [0.4, 0.5) is 5.13 Å². The molecule has 0 bridgehead atoms. The third kappa shape index (κ3) is 4.70. The fourth-order valence-corrected chi connectivity index (χ4v) is 4.80. The van der Waals surface area contributed by atoms with Gasteiger partial charge >= 0.3 is 0 Å². The van der Waals surface area contributed by atoms with Gasteiger partial charge in [-0.2, -0.15) is 0 Å². The molecule has 4 rings (SSSR count). The molecule has 1 aromatic heterocycles. The van der Waals surface area contributed by atoms with Crippen LogP contribution in [-0.2, 0) is 11.2 Å². The molecule has 0 aliphatic heterocycles. The number of carbonyl (C=O) groups is 1. The van der Waals surface area contributed by atoms with E-state index >= 15 is 0 Å². The average molecular weight is 434 g/mol. The fraction of sp³-hybridized carbons (Fsp3) is 0.280. The Kier molecular flexibility index (Phi) is 6.49. The van der Waals surface area contributed by atoms with Gasteiger partial charge in [-0.1, -0.05) is 59.9 Å². The van der Waals surface area contributed by atoms with Crippen molar-refractivity contribution in [2.45, 2.75) is 12.8 Å². The molecule has 0 aliphatic carbocycles. The van der Waals surface area contributed by atoms with E-state index in [4.69, 9.17) is 9.72 Å². The molecule has 3 aromatic carbocycles. The maximum atomic E-state index is 13.5. The normalized spacial score (nSPS) is 11.4. The van der Waals surface area contributed by atoms with E-state index < -0.39 is 0 Å². The lowest BCUT2D eigenvalue weighted by Gasteiger charge is -2.21. The van der Waals surface area contributed by atoms with Crippen LogP contribution in [0.25, 0.3) is 21.0 Å². The number of amides is 1. The molecule has 0 radical (unpaired) electrons. The number of methoxy groups -OCH3 is 1. The molecule has 0 N–H and O–H groups in total. The molecule has 31 heavy (non-hydrogen) atoms. The first-order valence-electron chi connectivity index (χ1n) is 10.4. The molecule has 1 amide bonds. The van der Waals surface area contributed by atoms with Gasteiger partial charge in [0.25, 0.3) is 0 Å². The number of hydrogen-bond acceptors (Lipinski definition) is 5. The van der Waals surface area contributed by atoms with Crippen molar-refractivity contribution in [2.24, 2.45) is 0 Å². The summed E-state index contributed by atoms with van der Waals surface area (Å²) in [4.78, 5) is 22.3. The first kappa shape index (κ1) is 21.3. The minimum Gasteiger partial charge on any atom is -0.494 e. The SMILES string of the molecule is COc1cccc2sc(N(CCCN(C)C)C(=O)Cc3cccc4ccccc34)nc12. The molecule has 4 aromatic rings. The number of carbonyl (C=O) groups excluding carboxylic acids is 1. The summed E-state index contributed by atoms with van der Waals surface area (Å²) in [5, 5.41) is 3.00. The maximum absolute atomic E-state index is 13.5. The highest BCUT2D eigenvalue weighted by Gasteiger charge is 2.21. The quantitative estimate of drug-likeness (QED) is 0.393. The zero-order valence-electron chi connectivity index (χ0n) is 18.2. The standard InChI is InChI=1S/C25H27N3O2S/c1-27(2)15-8-16-28(25-26-24-21(30-3)13-7-14-22(24)31-25)23(29)17-19-11-6-10-18-9-4-5-12-20(18)19/h4-7,9-14H,8,15-17H2,1-3H3. The van der Waals surface area contributed by atoms with E-state index in [9.17, 15) is 4.79 Å². The lowest BCUT2D eigenvalue weighted by molar-refractivity contribution is -0.118. The fourth-order valence-electron chi connectivity index (χ4n) is 3.77. The highest BCUT2D eigenvalue weighted by molar-refractivity contribution is 7.22. The van der Waals surface area contributed by atoms with Gasteiger partial charge < -0.3 is 9.64 Å². The number of nitrogens with zero attached hydrogens (tertiary/aromatic N) is 3. The Balaban J connectivity index is 1.66. The molecule has 0 saturated carbocycles. The van der Waals surface area contributed by atoms with Crippen LogP contribution >= 0.6 is 11.3 Å². The van der Waals surface area contributed by atoms with E-state index in [1.807, 2.05) is 61.5 Å².